The van der Waals surface area contributed by atoms with Crippen LogP contribution in [0.3, 0.4) is 0 Å². The number of anilines is 1. The average Bonchev–Trinajstić information content (AvgIpc) is 3.28. The number of piperazine rings is 1. The van der Waals surface area contributed by atoms with E-state index in [1.54, 1.807) is 35.2 Å². The third-order valence-corrected chi connectivity index (χ3v) is 8.76. The van der Waals surface area contributed by atoms with Crippen LogP contribution in [0, 0.1) is 13.7 Å². The first kappa shape index (κ1) is 31.3. The van der Waals surface area contributed by atoms with Crippen LogP contribution in [0.25, 0.3) is 6.08 Å². The first-order valence-corrected chi connectivity index (χ1v) is 15.8. The molecule has 44 heavy (non-hydrogen) atoms. The molecule has 0 bridgehead atoms. The summed E-state index contributed by atoms with van der Waals surface area (Å²) >= 11 is 2.89. The van der Waals surface area contributed by atoms with Crippen molar-refractivity contribution < 1.29 is 28.8 Å². The van der Waals surface area contributed by atoms with E-state index in [9.17, 15) is 24.5 Å². The van der Waals surface area contributed by atoms with E-state index in [-0.39, 0.29) is 29.7 Å². The van der Waals surface area contributed by atoms with Gasteiger partial charge in [-0.2, -0.15) is 0 Å². The molecular weight excluding hydrogens is 699 g/mol. The van der Waals surface area contributed by atoms with Gasteiger partial charge in [0.2, 0.25) is 5.91 Å². The largest absolute Gasteiger partial charge is 0.490 e. The number of para-hydroxylation sites is 1. The molecule has 0 unspecified atom stereocenters. The van der Waals surface area contributed by atoms with Gasteiger partial charge in [-0.1, -0.05) is 30.3 Å². The zero-order valence-corrected chi connectivity index (χ0v) is 26.8. The molecule has 5 rings (SSSR count). The Hall–Kier alpha value is -4.11. The van der Waals surface area contributed by atoms with Crippen molar-refractivity contribution in [1.82, 2.24) is 9.80 Å². The van der Waals surface area contributed by atoms with Crippen LogP contribution in [0.5, 0.6) is 11.5 Å². The number of hydrogen-bond acceptors (Lipinski definition) is 9. The van der Waals surface area contributed by atoms with E-state index in [1.165, 1.54) is 12.1 Å². The van der Waals surface area contributed by atoms with Crippen molar-refractivity contribution >= 4 is 68.9 Å². The number of rotatable bonds is 10. The van der Waals surface area contributed by atoms with E-state index in [0.717, 1.165) is 22.3 Å². The van der Waals surface area contributed by atoms with Crippen LogP contribution in [-0.4, -0.2) is 71.1 Å². The van der Waals surface area contributed by atoms with E-state index >= 15 is 0 Å². The minimum absolute atomic E-state index is 0.0255. The number of carbonyl (C=O) groups is 3. The highest BCUT2D eigenvalue weighted by atomic mass is 127. The molecule has 2 heterocycles. The zero-order chi connectivity index (χ0) is 31.2. The summed E-state index contributed by atoms with van der Waals surface area (Å²) in [4.78, 5) is 54.8. The monoisotopic (exact) mass is 728 g/mol. The maximum atomic E-state index is 13.2. The van der Waals surface area contributed by atoms with Gasteiger partial charge in [0.15, 0.2) is 11.5 Å². The van der Waals surface area contributed by atoms with Crippen LogP contribution in [0.4, 0.5) is 16.2 Å². The van der Waals surface area contributed by atoms with Gasteiger partial charge in [0.1, 0.15) is 13.2 Å². The second kappa shape index (κ2) is 14.1. The van der Waals surface area contributed by atoms with E-state index in [1.807, 2.05) is 37.3 Å². The minimum atomic E-state index is -0.518. The number of nitro groups is 1. The predicted molar refractivity (Wildman–Crippen MR) is 176 cm³/mol. The Balaban J connectivity index is 1.24. The van der Waals surface area contributed by atoms with E-state index in [4.69, 9.17) is 9.47 Å². The maximum absolute atomic E-state index is 13.2. The number of nitro benzene ring substituents is 1. The van der Waals surface area contributed by atoms with Gasteiger partial charge < -0.3 is 19.3 Å². The molecule has 0 aromatic heterocycles. The number of amides is 3. The molecule has 0 radical (unpaired) electrons. The van der Waals surface area contributed by atoms with Crippen LogP contribution >= 0.6 is 34.4 Å². The number of hydrogen-bond donors (Lipinski definition) is 0. The van der Waals surface area contributed by atoms with E-state index in [0.29, 0.717) is 59.0 Å². The molecule has 0 aliphatic carbocycles. The second-order valence-electron chi connectivity index (χ2n) is 9.95. The summed E-state index contributed by atoms with van der Waals surface area (Å²) in [6.45, 7) is 4.32. The first-order chi connectivity index (χ1) is 21.2. The standard InChI is InChI=1S/C31H29IN4O7S/c1-2-42-26-17-22(16-25(32)29(26)43-20-21-7-6-10-24(15-21)36(40)41)18-27-30(38)35(31(39)44-27)19-28(37)34-13-11-33(12-14-34)23-8-4-3-5-9-23/h3-10,15-18H,2,11-14,19-20H2,1H3/b27-18+. The zero-order valence-electron chi connectivity index (χ0n) is 23.8. The van der Waals surface area contributed by atoms with Crippen molar-refractivity contribution in [2.75, 3.05) is 44.2 Å². The smallest absolute Gasteiger partial charge is 0.294 e. The van der Waals surface area contributed by atoms with Crippen molar-refractivity contribution in [2.24, 2.45) is 0 Å². The summed E-state index contributed by atoms with van der Waals surface area (Å²) < 4.78 is 12.5. The highest BCUT2D eigenvalue weighted by Gasteiger charge is 2.37. The van der Waals surface area contributed by atoms with E-state index in [2.05, 4.69) is 27.5 Å². The third-order valence-electron chi connectivity index (χ3n) is 7.05. The SMILES string of the molecule is CCOc1cc(/C=C2/SC(=O)N(CC(=O)N3CCN(c4ccccc4)CC3)C2=O)cc(I)c1OCc1cccc([N+](=O)[O-])c1. The van der Waals surface area contributed by atoms with Gasteiger partial charge in [-0.3, -0.25) is 29.4 Å². The third kappa shape index (κ3) is 7.33. The molecule has 0 spiro atoms. The predicted octanol–water partition coefficient (Wildman–Crippen LogP) is 5.56. The van der Waals surface area contributed by atoms with Crippen LogP contribution in [-0.2, 0) is 16.2 Å². The van der Waals surface area contributed by atoms with Gasteiger partial charge in [-0.05, 0) is 82.7 Å². The molecular formula is C31H29IN4O7S. The molecule has 2 aliphatic heterocycles. The summed E-state index contributed by atoms with van der Waals surface area (Å²) in [5.74, 6) is 0.109. The minimum Gasteiger partial charge on any atom is -0.490 e. The molecule has 3 amide bonds. The van der Waals surface area contributed by atoms with Gasteiger partial charge in [0, 0.05) is 44.0 Å². The topological polar surface area (TPSA) is 123 Å². The van der Waals surface area contributed by atoms with Crippen molar-refractivity contribution in [3.63, 3.8) is 0 Å². The van der Waals surface area contributed by atoms with Gasteiger partial charge in [0.05, 0.1) is 20.0 Å². The fourth-order valence-corrected chi connectivity index (χ4v) is 6.48. The summed E-state index contributed by atoms with van der Waals surface area (Å²) in [7, 11) is 0. The molecule has 0 atom stereocenters. The lowest BCUT2D eigenvalue weighted by Gasteiger charge is -2.36. The van der Waals surface area contributed by atoms with Crippen molar-refractivity contribution in [2.45, 2.75) is 13.5 Å². The highest BCUT2D eigenvalue weighted by Crippen LogP contribution is 2.38. The van der Waals surface area contributed by atoms with Crippen molar-refractivity contribution in [3.05, 3.63) is 96.4 Å². The highest BCUT2D eigenvalue weighted by molar-refractivity contribution is 14.1. The van der Waals surface area contributed by atoms with Crippen molar-refractivity contribution in [3.8, 4) is 11.5 Å². The molecule has 228 valence electrons. The van der Waals surface area contributed by atoms with Crippen LogP contribution in [0.1, 0.15) is 18.1 Å². The lowest BCUT2D eigenvalue weighted by molar-refractivity contribution is -0.384. The second-order valence-corrected chi connectivity index (χ2v) is 12.1. The first-order valence-electron chi connectivity index (χ1n) is 13.9. The lowest BCUT2D eigenvalue weighted by atomic mass is 10.1. The van der Waals surface area contributed by atoms with Gasteiger partial charge in [-0.25, -0.2) is 0 Å². The molecule has 2 saturated heterocycles. The quantitative estimate of drug-likeness (QED) is 0.114. The number of imide groups is 1. The average molecular weight is 729 g/mol. The molecule has 0 saturated carbocycles. The molecule has 2 aliphatic rings. The number of ether oxygens (including phenoxy) is 2. The fraction of sp³-hybridized carbons (Fsp3) is 0.258. The Morgan fingerprint density at radius 1 is 1.02 bits per heavy atom. The number of benzene rings is 3. The van der Waals surface area contributed by atoms with Crippen LogP contribution in [0.2, 0.25) is 0 Å². The Bertz CT molecular complexity index is 1610. The van der Waals surface area contributed by atoms with Crippen LogP contribution < -0.4 is 14.4 Å². The summed E-state index contributed by atoms with van der Waals surface area (Å²) in [6, 6.07) is 19.7. The Labute approximate surface area is 272 Å². The Kier molecular flexibility index (Phi) is 10.0. The van der Waals surface area contributed by atoms with Gasteiger partial charge in [-0.15, -0.1) is 0 Å². The number of nitrogens with zero attached hydrogens (tertiary/aromatic N) is 4. The molecule has 3 aromatic carbocycles. The summed E-state index contributed by atoms with van der Waals surface area (Å²) in [6.07, 6.45) is 1.60. The number of thioether (sulfide) groups is 1. The molecule has 0 N–H and O–H groups in total. The lowest BCUT2D eigenvalue weighted by Crippen LogP contribution is -2.51. The number of carbonyl (C=O) groups excluding carboxylic acids is 3. The number of non-ortho nitro benzene ring substituents is 1. The number of halogens is 1. The Morgan fingerprint density at radius 3 is 2.48 bits per heavy atom. The van der Waals surface area contributed by atoms with E-state index < -0.39 is 16.1 Å². The molecule has 11 nitrogen and oxygen atoms in total. The van der Waals surface area contributed by atoms with Gasteiger partial charge >= 0.3 is 0 Å². The molecule has 13 heteroatoms. The Morgan fingerprint density at radius 2 is 1.77 bits per heavy atom. The molecule has 2 fully saturated rings. The summed E-state index contributed by atoms with van der Waals surface area (Å²) in [5.41, 5.74) is 2.32. The maximum Gasteiger partial charge on any atom is 0.294 e. The summed E-state index contributed by atoms with van der Waals surface area (Å²) in [5, 5.41) is 10.6. The normalized spacial score (nSPS) is 16.0. The van der Waals surface area contributed by atoms with Crippen LogP contribution in [0.15, 0.2) is 71.6 Å². The fourth-order valence-electron chi connectivity index (χ4n) is 4.87. The van der Waals surface area contributed by atoms with Gasteiger partial charge in [0.25, 0.3) is 16.8 Å². The molecule has 3 aromatic rings. The van der Waals surface area contributed by atoms with Crippen molar-refractivity contribution in [1.29, 1.82) is 0 Å².